The highest BCUT2D eigenvalue weighted by atomic mass is 79.9. The van der Waals surface area contributed by atoms with Crippen molar-refractivity contribution in [2.24, 2.45) is 0 Å². The lowest BCUT2D eigenvalue weighted by molar-refractivity contribution is 0.0674. The molecule has 4 aromatic rings. The quantitative estimate of drug-likeness (QED) is 0.228. The summed E-state index contributed by atoms with van der Waals surface area (Å²) in [6, 6.07) is 8.42. The summed E-state index contributed by atoms with van der Waals surface area (Å²) in [6.07, 6.45) is 9.64. The van der Waals surface area contributed by atoms with E-state index in [1.165, 1.54) is 12.5 Å². The lowest BCUT2D eigenvalue weighted by Gasteiger charge is -2.36. The molecule has 1 unspecified atom stereocenters. The van der Waals surface area contributed by atoms with Crippen LogP contribution >= 0.6 is 15.9 Å². The number of nitrogens with zero attached hydrogens (tertiary/aromatic N) is 7. The average molecular weight is 755 g/mol. The highest BCUT2D eigenvalue weighted by Crippen LogP contribution is 2.35. The number of anilines is 3. The Bertz CT molecular complexity index is 2050. The minimum absolute atomic E-state index is 0.0230. The normalized spacial score (nSPS) is 20.0. The molecule has 1 aliphatic carbocycles. The first kappa shape index (κ1) is 33.9. The number of piperazine rings is 1. The number of halogens is 1. The van der Waals surface area contributed by atoms with Crippen LogP contribution in [0.4, 0.5) is 17.5 Å². The van der Waals surface area contributed by atoms with E-state index in [0.29, 0.717) is 29.5 Å². The molecule has 0 bridgehead atoms. The Balaban J connectivity index is 0.915. The molecule has 3 fully saturated rings. The minimum atomic E-state index is -0.262. The van der Waals surface area contributed by atoms with Gasteiger partial charge in [0.1, 0.15) is 11.5 Å². The van der Waals surface area contributed by atoms with Gasteiger partial charge < -0.3 is 20.4 Å². The van der Waals surface area contributed by atoms with Gasteiger partial charge in [-0.05, 0) is 81.0 Å². The Morgan fingerprint density at radius 2 is 1.76 bits per heavy atom. The van der Waals surface area contributed by atoms with Gasteiger partial charge in [-0.2, -0.15) is 4.98 Å². The Morgan fingerprint density at radius 1 is 0.980 bits per heavy atom. The third kappa shape index (κ3) is 6.44. The fourth-order valence-electron chi connectivity index (χ4n) is 8.41. The van der Waals surface area contributed by atoms with Gasteiger partial charge in [-0.25, -0.2) is 9.97 Å². The SMILES string of the molecule is CC(=O)c1c(C)c2cnc(Nc3ccc(N4CCN(Cc5ccc6c(c5Br)CN(C5CCCNC5)C6=O)CC4)cn3)nc2n(C2CCCC2)c1=O. The number of benzene rings is 1. The van der Waals surface area contributed by atoms with Crippen molar-refractivity contribution in [1.82, 2.24) is 34.6 Å². The lowest BCUT2D eigenvalue weighted by Crippen LogP contribution is -2.46. The third-order valence-corrected chi connectivity index (χ3v) is 12.2. The molecule has 0 spiro atoms. The maximum absolute atomic E-state index is 13.6. The van der Waals surface area contributed by atoms with Crippen LogP contribution in [0.1, 0.15) is 88.9 Å². The number of aromatic nitrogens is 4. The van der Waals surface area contributed by atoms with Gasteiger partial charge in [0, 0.05) is 79.5 Å². The van der Waals surface area contributed by atoms with Crippen LogP contribution in [0.2, 0.25) is 0 Å². The molecule has 2 saturated heterocycles. The first-order chi connectivity index (χ1) is 24.8. The van der Waals surface area contributed by atoms with Crippen molar-refractivity contribution in [3.8, 4) is 0 Å². The second-order valence-electron chi connectivity index (χ2n) is 14.4. The fraction of sp³-hybridized carbons (Fsp3) is 0.474. The fourth-order valence-corrected chi connectivity index (χ4v) is 9.01. The van der Waals surface area contributed by atoms with E-state index in [4.69, 9.17) is 4.98 Å². The molecule has 13 heteroatoms. The van der Waals surface area contributed by atoms with Crippen molar-refractivity contribution >= 4 is 56.1 Å². The van der Waals surface area contributed by atoms with Gasteiger partial charge in [0.15, 0.2) is 5.78 Å². The lowest BCUT2D eigenvalue weighted by atomic mass is 10.0. The molecular formula is C38H44BrN9O3. The zero-order valence-corrected chi connectivity index (χ0v) is 30.8. The van der Waals surface area contributed by atoms with E-state index in [0.717, 1.165) is 111 Å². The Morgan fingerprint density at radius 3 is 2.47 bits per heavy atom. The van der Waals surface area contributed by atoms with Crippen molar-refractivity contribution in [3.05, 3.63) is 79.3 Å². The average Bonchev–Trinajstić information content (AvgIpc) is 3.79. The molecule has 1 aromatic carbocycles. The summed E-state index contributed by atoms with van der Waals surface area (Å²) in [4.78, 5) is 60.1. The molecule has 3 aromatic heterocycles. The second kappa shape index (κ2) is 14.1. The number of fused-ring (bicyclic) bond motifs is 2. The van der Waals surface area contributed by atoms with E-state index in [9.17, 15) is 14.4 Å². The second-order valence-corrected chi connectivity index (χ2v) is 15.2. The number of carbonyl (C=O) groups is 2. The zero-order valence-electron chi connectivity index (χ0n) is 29.3. The molecule has 266 valence electrons. The number of hydrogen-bond donors (Lipinski definition) is 2. The van der Waals surface area contributed by atoms with Crippen molar-refractivity contribution in [3.63, 3.8) is 0 Å². The monoisotopic (exact) mass is 753 g/mol. The zero-order chi connectivity index (χ0) is 35.2. The summed E-state index contributed by atoms with van der Waals surface area (Å²) < 4.78 is 2.80. The van der Waals surface area contributed by atoms with Crippen molar-refractivity contribution in [1.29, 1.82) is 0 Å². The molecule has 51 heavy (non-hydrogen) atoms. The largest absolute Gasteiger partial charge is 0.368 e. The Labute approximate surface area is 305 Å². The third-order valence-electron chi connectivity index (χ3n) is 11.2. The molecular weight excluding hydrogens is 710 g/mol. The van der Waals surface area contributed by atoms with E-state index in [1.54, 1.807) is 17.7 Å². The summed E-state index contributed by atoms with van der Waals surface area (Å²) in [5, 5.41) is 7.39. The number of ketones is 1. The Hall–Kier alpha value is -4.20. The van der Waals surface area contributed by atoms with Gasteiger partial charge in [0.25, 0.3) is 11.5 Å². The maximum Gasteiger partial charge on any atom is 0.263 e. The summed E-state index contributed by atoms with van der Waals surface area (Å²) in [7, 11) is 0. The number of aryl methyl sites for hydroxylation is 1. The smallest absolute Gasteiger partial charge is 0.263 e. The van der Waals surface area contributed by atoms with Crippen LogP contribution in [0.5, 0.6) is 0 Å². The molecule has 1 atom stereocenters. The van der Waals surface area contributed by atoms with Crippen LogP contribution in [0.15, 0.2) is 45.9 Å². The van der Waals surface area contributed by atoms with Crippen LogP contribution in [0.3, 0.4) is 0 Å². The van der Waals surface area contributed by atoms with Crippen molar-refractivity contribution in [2.45, 2.75) is 77.5 Å². The molecule has 8 rings (SSSR count). The number of Topliss-reactive ketones (excluding diaryl/α,β-unsaturated/α-hetero) is 1. The molecule has 3 aliphatic heterocycles. The number of nitrogens with one attached hydrogen (secondary N) is 2. The van der Waals surface area contributed by atoms with Gasteiger partial charge in [-0.3, -0.25) is 23.9 Å². The molecule has 0 radical (unpaired) electrons. The molecule has 4 aliphatic rings. The van der Waals surface area contributed by atoms with Crippen LogP contribution in [-0.2, 0) is 13.1 Å². The summed E-state index contributed by atoms with van der Waals surface area (Å²) >= 11 is 3.88. The van der Waals surface area contributed by atoms with E-state index in [-0.39, 0.29) is 34.9 Å². The topological polar surface area (TPSA) is 129 Å². The number of pyridine rings is 2. The van der Waals surface area contributed by atoms with Crippen LogP contribution in [0, 0.1) is 6.92 Å². The minimum Gasteiger partial charge on any atom is -0.368 e. The Kier molecular flexibility index (Phi) is 9.36. The van der Waals surface area contributed by atoms with Gasteiger partial charge >= 0.3 is 0 Å². The predicted molar refractivity (Wildman–Crippen MR) is 201 cm³/mol. The standard InChI is InChI=1S/C38H44BrN9O3/c1-23-30-20-42-38(44-35(30)48(26-6-3-4-7-26)37(51)33(23)24(2)49)43-32-12-10-27(19-41-32)46-16-14-45(15-17-46)21-25-9-11-29-31(34(25)39)22-47(36(29)50)28-8-5-13-40-18-28/h9-12,19-20,26,28,40H,3-8,13-18,21-22H2,1-2H3,(H,41,42,43,44). The van der Waals surface area contributed by atoms with Crippen LogP contribution in [-0.4, -0.2) is 86.3 Å². The number of piperidine rings is 1. The molecule has 1 amide bonds. The van der Waals surface area contributed by atoms with Crippen LogP contribution in [0.25, 0.3) is 11.0 Å². The first-order valence-corrected chi connectivity index (χ1v) is 19.0. The molecule has 12 nitrogen and oxygen atoms in total. The number of amides is 1. The van der Waals surface area contributed by atoms with E-state index < -0.39 is 0 Å². The van der Waals surface area contributed by atoms with E-state index >= 15 is 0 Å². The highest BCUT2D eigenvalue weighted by Gasteiger charge is 2.35. The molecule has 1 saturated carbocycles. The van der Waals surface area contributed by atoms with Gasteiger partial charge in [-0.15, -0.1) is 0 Å². The maximum atomic E-state index is 13.6. The van der Waals surface area contributed by atoms with E-state index in [1.807, 2.05) is 18.3 Å². The molecule has 2 N–H and O–H groups in total. The number of carbonyl (C=O) groups excluding carboxylic acids is 2. The van der Waals surface area contributed by atoms with Crippen LogP contribution < -0.4 is 21.1 Å². The van der Waals surface area contributed by atoms with Gasteiger partial charge in [0.2, 0.25) is 5.95 Å². The first-order valence-electron chi connectivity index (χ1n) is 18.2. The van der Waals surface area contributed by atoms with Gasteiger partial charge in [-0.1, -0.05) is 34.8 Å². The number of rotatable bonds is 8. The van der Waals surface area contributed by atoms with E-state index in [2.05, 4.69) is 63.4 Å². The summed E-state index contributed by atoms with van der Waals surface area (Å²) in [5.41, 5.74) is 5.38. The number of hydrogen-bond acceptors (Lipinski definition) is 10. The van der Waals surface area contributed by atoms with Crippen molar-refractivity contribution < 1.29 is 9.59 Å². The van der Waals surface area contributed by atoms with Crippen molar-refractivity contribution in [2.75, 3.05) is 49.5 Å². The van der Waals surface area contributed by atoms with Gasteiger partial charge in [0.05, 0.1) is 17.4 Å². The highest BCUT2D eigenvalue weighted by molar-refractivity contribution is 9.10. The molecule has 6 heterocycles. The summed E-state index contributed by atoms with van der Waals surface area (Å²) in [6.45, 7) is 10.3. The summed E-state index contributed by atoms with van der Waals surface area (Å²) in [5.74, 6) is 0.896. The predicted octanol–water partition coefficient (Wildman–Crippen LogP) is 5.35.